The van der Waals surface area contributed by atoms with Crippen LogP contribution in [-0.2, 0) is 13.0 Å². The van der Waals surface area contributed by atoms with Crippen LogP contribution in [0.5, 0.6) is 0 Å². The lowest BCUT2D eigenvalue weighted by Crippen LogP contribution is -2.09. The number of nitrogens with zero attached hydrogens (tertiary/aromatic N) is 1. The second-order valence-electron chi connectivity index (χ2n) is 5.91. The Balaban J connectivity index is 2.03. The highest BCUT2D eigenvalue weighted by Crippen LogP contribution is 2.20. The van der Waals surface area contributed by atoms with Crippen LogP contribution < -0.4 is 0 Å². The van der Waals surface area contributed by atoms with E-state index >= 15 is 0 Å². The molecule has 0 atom stereocenters. The fraction of sp³-hybridized carbons (Fsp3) is 0.375. The third-order valence-corrected chi connectivity index (χ3v) is 2.79. The highest BCUT2D eigenvalue weighted by Gasteiger charge is 2.10. The van der Waals surface area contributed by atoms with Crippen molar-refractivity contribution < 1.29 is 0 Å². The molecule has 0 amide bonds. The van der Waals surface area contributed by atoms with Crippen molar-refractivity contribution >= 4 is 0 Å². The van der Waals surface area contributed by atoms with E-state index in [1.54, 1.807) is 0 Å². The van der Waals surface area contributed by atoms with Gasteiger partial charge in [0.15, 0.2) is 0 Å². The van der Waals surface area contributed by atoms with Crippen molar-refractivity contribution in [2.75, 3.05) is 0 Å². The quantitative estimate of drug-likeness (QED) is 0.743. The molecular weight excluding hydrogens is 206 g/mol. The molecule has 2 rings (SSSR count). The van der Waals surface area contributed by atoms with E-state index in [1.165, 1.54) is 11.1 Å². The Bertz CT molecular complexity index is 443. The van der Waals surface area contributed by atoms with Gasteiger partial charge in [0, 0.05) is 18.9 Å². The number of benzene rings is 1. The number of hydrogen-bond donors (Lipinski definition) is 0. The summed E-state index contributed by atoms with van der Waals surface area (Å²) in [5.74, 6) is 0. The first-order valence-corrected chi connectivity index (χ1v) is 6.21. The van der Waals surface area contributed by atoms with Gasteiger partial charge in [-0.05, 0) is 35.1 Å². The summed E-state index contributed by atoms with van der Waals surface area (Å²) in [6, 6.07) is 13.1. The maximum Gasteiger partial charge on any atom is 0.0470 e. The summed E-state index contributed by atoms with van der Waals surface area (Å²) in [5, 5.41) is 0. The average Bonchev–Trinajstić information content (AvgIpc) is 2.71. The van der Waals surface area contributed by atoms with E-state index in [-0.39, 0.29) is 0 Å². The van der Waals surface area contributed by atoms with Crippen molar-refractivity contribution in [1.82, 2.24) is 4.57 Å². The Labute approximate surface area is 104 Å². The minimum absolute atomic E-state index is 0.363. The van der Waals surface area contributed by atoms with Crippen molar-refractivity contribution in [3.63, 3.8) is 0 Å². The molecule has 1 heterocycles. The summed E-state index contributed by atoms with van der Waals surface area (Å²) < 4.78 is 2.19. The standard InChI is InChI=1S/C16H21N/c1-16(2,3)12-14-6-8-15(9-7-14)13-17-10-4-5-11-17/h4-11H,12-13H2,1-3H3. The van der Waals surface area contributed by atoms with Crippen LogP contribution >= 0.6 is 0 Å². The lowest BCUT2D eigenvalue weighted by atomic mass is 9.88. The minimum Gasteiger partial charge on any atom is -0.350 e. The molecule has 1 nitrogen and oxygen atoms in total. The third-order valence-electron chi connectivity index (χ3n) is 2.79. The summed E-state index contributed by atoms with van der Waals surface area (Å²) in [5.41, 5.74) is 3.15. The second-order valence-corrected chi connectivity index (χ2v) is 5.91. The van der Waals surface area contributed by atoms with Gasteiger partial charge < -0.3 is 4.57 Å². The Morgan fingerprint density at radius 3 is 1.94 bits per heavy atom. The summed E-state index contributed by atoms with van der Waals surface area (Å²) in [4.78, 5) is 0. The van der Waals surface area contributed by atoms with E-state index in [2.05, 4.69) is 74.1 Å². The molecule has 0 aliphatic heterocycles. The fourth-order valence-electron chi connectivity index (χ4n) is 2.06. The lowest BCUT2D eigenvalue weighted by Gasteiger charge is -2.18. The van der Waals surface area contributed by atoms with Crippen LogP contribution in [0.4, 0.5) is 0 Å². The Kier molecular flexibility index (Phi) is 3.37. The van der Waals surface area contributed by atoms with Gasteiger partial charge in [0.2, 0.25) is 0 Å². The summed E-state index contributed by atoms with van der Waals surface area (Å²) >= 11 is 0. The first-order chi connectivity index (χ1) is 8.03. The molecule has 0 unspecified atom stereocenters. The SMILES string of the molecule is CC(C)(C)Cc1ccc(Cn2cccc2)cc1. The fourth-order valence-corrected chi connectivity index (χ4v) is 2.06. The minimum atomic E-state index is 0.363. The molecule has 0 bridgehead atoms. The number of hydrogen-bond acceptors (Lipinski definition) is 0. The zero-order valence-electron chi connectivity index (χ0n) is 11.0. The molecule has 0 radical (unpaired) electrons. The van der Waals surface area contributed by atoms with Gasteiger partial charge in [0.25, 0.3) is 0 Å². The Hall–Kier alpha value is -1.50. The molecule has 90 valence electrons. The van der Waals surface area contributed by atoms with E-state index in [4.69, 9.17) is 0 Å². The van der Waals surface area contributed by atoms with Crippen molar-refractivity contribution in [2.24, 2.45) is 5.41 Å². The molecular formula is C16H21N. The summed E-state index contributed by atoms with van der Waals surface area (Å²) in [6.45, 7) is 7.80. The highest BCUT2D eigenvalue weighted by molar-refractivity contribution is 5.23. The summed E-state index contributed by atoms with van der Waals surface area (Å²) in [7, 11) is 0. The van der Waals surface area contributed by atoms with Gasteiger partial charge in [-0.15, -0.1) is 0 Å². The molecule has 0 saturated heterocycles. The smallest absolute Gasteiger partial charge is 0.0470 e. The van der Waals surface area contributed by atoms with Gasteiger partial charge in [-0.1, -0.05) is 45.0 Å². The monoisotopic (exact) mass is 227 g/mol. The van der Waals surface area contributed by atoms with Gasteiger partial charge in [-0.25, -0.2) is 0 Å². The molecule has 1 heteroatoms. The molecule has 0 aliphatic rings. The van der Waals surface area contributed by atoms with E-state index in [0.717, 1.165) is 13.0 Å². The third kappa shape index (κ3) is 3.77. The van der Waals surface area contributed by atoms with Gasteiger partial charge in [0.1, 0.15) is 0 Å². The maximum absolute atomic E-state index is 2.28. The molecule has 0 N–H and O–H groups in total. The van der Waals surface area contributed by atoms with E-state index in [9.17, 15) is 0 Å². The van der Waals surface area contributed by atoms with Crippen LogP contribution in [0, 0.1) is 5.41 Å². The van der Waals surface area contributed by atoms with Gasteiger partial charge >= 0.3 is 0 Å². The van der Waals surface area contributed by atoms with Gasteiger partial charge in [0.05, 0.1) is 0 Å². The van der Waals surface area contributed by atoms with Crippen LogP contribution in [0.25, 0.3) is 0 Å². The molecule has 0 aliphatic carbocycles. The first-order valence-electron chi connectivity index (χ1n) is 6.21. The Morgan fingerprint density at radius 2 is 1.41 bits per heavy atom. The molecule has 0 fully saturated rings. The summed E-state index contributed by atoms with van der Waals surface area (Å²) in [6.07, 6.45) is 5.34. The van der Waals surface area contributed by atoms with E-state index in [0.29, 0.717) is 5.41 Å². The van der Waals surface area contributed by atoms with Crippen LogP contribution in [0.3, 0.4) is 0 Å². The lowest BCUT2D eigenvalue weighted by molar-refractivity contribution is 0.411. The molecule has 1 aromatic carbocycles. The molecule has 2 aromatic rings. The second kappa shape index (κ2) is 4.79. The number of rotatable bonds is 3. The van der Waals surface area contributed by atoms with Crippen LogP contribution in [0.15, 0.2) is 48.8 Å². The van der Waals surface area contributed by atoms with Crippen LogP contribution in [0.1, 0.15) is 31.9 Å². The van der Waals surface area contributed by atoms with Crippen molar-refractivity contribution in [3.8, 4) is 0 Å². The maximum atomic E-state index is 2.28. The van der Waals surface area contributed by atoms with Crippen molar-refractivity contribution in [2.45, 2.75) is 33.7 Å². The zero-order chi connectivity index (χ0) is 12.3. The first kappa shape index (κ1) is 12.0. The van der Waals surface area contributed by atoms with Crippen molar-refractivity contribution in [3.05, 3.63) is 59.9 Å². The van der Waals surface area contributed by atoms with Crippen LogP contribution in [-0.4, -0.2) is 4.57 Å². The van der Waals surface area contributed by atoms with Gasteiger partial charge in [-0.2, -0.15) is 0 Å². The molecule has 17 heavy (non-hydrogen) atoms. The number of aromatic nitrogens is 1. The Morgan fingerprint density at radius 1 is 0.882 bits per heavy atom. The highest BCUT2D eigenvalue weighted by atomic mass is 14.9. The van der Waals surface area contributed by atoms with Gasteiger partial charge in [-0.3, -0.25) is 0 Å². The molecule has 1 aromatic heterocycles. The van der Waals surface area contributed by atoms with E-state index < -0.39 is 0 Å². The van der Waals surface area contributed by atoms with Crippen molar-refractivity contribution in [1.29, 1.82) is 0 Å². The normalized spacial score (nSPS) is 11.7. The topological polar surface area (TPSA) is 4.93 Å². The predicted octanol–water partition coefficient (Wildman–Crippen LogP) is 4.13. The van der Waals surface area contributed by atoms with Crippen LogP contribution in [0.2, 0.25) is 0 Å². The van der Waals surface area contributed by atoms with E-state index in [1.807, 2.05) is 0 Å². The largest absolute Gasteiger partial charge is 0.350 e. The zero-order valence-corrected chi connectivity index (χ0v) is 11.0. The average molecular weight is 227 g/mol. The molecule has 0 saturated carbocycles. The molecule has 0 spiro atoms. The predicted molar refractivity (Wildman–Crippen MR) is 73.1 cm³/mol.